The first-order chi connectivity index (χ1) is 9.75. The van der Waals surface area contributed by atoms with Gasteiger partial charge < -0.3 is 14.7 Å². The maximum atomic E-state index is 12.5. The highest BCUT2D eigenvalue weighted by Crippen LogP contribution is 2.25. The highest BCUT2D eigenvalue weighted by molar-refractivity contribution is 5.82. The van der Waals surface area contributed by atoms with E-state index in [1.807, 2.05) is 35.2 Å². The van der Waals surface area contributed by atoms with Crippen LogP contribution in [0.2, 0.25) is 0 Å². The molecule has 20 heavy (non-hydrogen) atoms. The average Bonchev–Trinajstić information content (AvgIpc) is 3.11. The van der Waals surface area contributed by atoms with Gasteiger partial charge in [-0.1, -0.05) is 30.3 Å². The number of hydrogen-bond donors (Lipinski definition) is 1. The van der Waals surface area contributed by atoms with Crippen LogP contribution in [-0.2, 0) is 16.0 Å². The normalized spacial score (nSPS) is 29.9. The van der Waals surface area contributed by atoms with E-state index in [0.29, 0.717) is 26.0 Å². The zero-order valence-electron chi connectivity index (χ0n) is 11.6. The lowest BCUT2D eigenvalue weighted by atomic mass is 10.0. The third-order valence-electron chi connectivity index (χ3n) is 4.29. The minimum Gasteiger partial charge on any atom is -0.391 e. The molecule has 108 valence electrons. The maximum Gasteiger partial charge on any atom is 0.252 e. The van der Waals surface area contributed by atoms with E-state index >= 15 is 0 Å². The maximum absolute atomic E-state index is 12.5. The number of likely N-dealkylation sites (tertiary alicyclic amines) is 1. The summed E-state index contributed by atoms with van der Waals surface area (Å²) < 4.78 is 5.49. The summed E-state index contributed by atoms with van der Waals surface area (Å²) in [6.45, 7) is 1.31. The smallest absolute Gasteiger partial charge is 0.252 e. The molecule has 1 N–H and O–H groups in total. The molecule has 0 radical (unpaired) electrons. The fourth-order valence-corrected chi connectivity index (χ4v) is 3.17. The molecule has 1 aromatic rings. The Morgan fingerprint density at radius 1 is 1.30 bits per heavy atom. The molecule has 3 rings (SSSR count). The van der Waals surface area contributed by atoms with E-state index in [4.69, 9.17) is 4.74 Å². The number of aliphatic hydroxyl groups excluding tert-OH is 1. The summed E-state index contributed by atoms with van der Waals surface area (Å²) in [6, 6.07) is 9.92. The number of nitrogens with zero attached hydrogens (tertiary/aromatic N) is 1. The lowest BCUT2D eigenvalue weighted by Gasteiger charge is -2.28. The molecule has 2 aliphatic heterocycles. The molecule has 0 aliphatic carbocycles. The van der Waals surface area contributed by atoms with Gasteiger partial charge in [0, 0.05) is 13.2 Å². The van der Waals surface area contributed by atoms with Gasteiger partial charge in [-0.3, -0.25) is 4.79 Å². The third kappa shape index (κ3) is 2.72. The van der Waals surface area contributed by atoms with Gasteiger partial charge >= 0.3 is 0 Å². The number of ether oxygens (including phenoxy) is 1. The van der Waals surface area contributed by atoms with Gasteiger partial charge in [-0.15, -0.1) is 0 Å². The molecule has 0 spiro atoms. The fraction of sp³-hybridized carbons (Fsp3) is 0.562. The van der Waals surface area contributed by atoms with E-state index in [-0.39, 0.29) is 18.1 Å². The Labute approximate surface area is 119 Å². The number of benzene rings is 1. The molecule has 0 saturated carbocycles. The summed E-state index contributed by atoms with van der Waals surface area (Å²) in [4.78, 5) is 14.3. The van der Waals surface area contributed by atoms with Gasteiger partial charge in [0.15, 0.2) is 0 Å². The Balaban J connectivity index is 1.71. The van der Waals surface area contributed by atoms with Crippen molar-refractivity contribution in [3.63, 3.8) is 0 Å². The van der Waals surface area contributed by atoms with Crippen molar-refractivity contribution in [2.24, 2.45) is 0 Å². The van der Waals surface area contributed by atoms with Crippen LogP contribution in [0.15, 0.2) is 30.3 Å². The highest BCUT2D eigenvalue weighted by Gasteiger charge is 2.39. The quantitative estimate of drug-likeness (QED) is 0.906. The average molecular weight is 275 g/mol. The van der Waals surface area contributed by atoms with Gasteiger partial charge in [-0.25, -0.2) is 0 Å². The molecule has 1 amide bonds. The van der Waals surface area contributed by atoms with E-state index in [1.165, 1.54) is 0 Å². The summed E-state index contributed by atoms with van der Waals surface area (Å²) in [6.07, 6.45) is 2.41. The molecule has 4 heteroatoms. The number of hydrogen-bond acceptors (Lipinski definition) is 3. The van der Waals surface area contributed by atoms with Crippen LogP contribution in [0, 0.1) is 0 Å². The molecule has 0 bridgehead atoms. The van der Waals surface area contributed by atoms with Crippen molar-refractivity contribution in [3.05, 3.63) is 35.9 Å². The summed E-state index contributed by atoms with van der Waals surface area (Å²) in [5, 5.41) is 10.2. The number of carbonyl (C=O) groups is 1. The van der Waals surface area contributed by atoms with Gasteiger partial charge in [0.25, 0.3) is 5.91 Å². The zero-order chi connectivity index (χ0) is 13.9. The van der Waals surface area contributed by atoms with Crippen LogP contribution < -0.4 is 0 Å². The molecule has 4 nitrogen and oxygen atoms in total. The number of amides is 1. The van der Waals surface area contributed by atoms with E-state index in [9.17, 15) is 9.90 Å². The van der Waals surface area contributed by atoms with Crippen LogP contribution >= 0.6 is 0 Å². The molecule has 2 saturated heterocycles. The lowest BCUT2D eigenvalue weighted by Crippen LogP contribution is -2.45. The summed E-state index contributed by atoms with van der Waals surface area (Å²) in [5.41, 5.74) is 1.16. The molecule has 2 fully saturated rings. The molecule has 2 aliphatic rings. The molecule has 2 heterocycles. The van der Waals surface area contributed by atoms with Crippen LogP contribution in [0.1, 0.15) is 24.8 Å². The van der Waals surface area contributed by atoms with E-state index in [0.717, 1.165) is 18.4 Å². The zero-order valence-corrected chi connectivity index (χ0v) is 11.6. The third-order valence-corrected chi connectivity index (χ3v) is 4.29. The van der Waals surface area contributed by atoms with Gasteiger partial charge in [0.05, 0.1) is 12.1 Å². The second kappa shape index (κ2) is 5.94. The highest BCUT2D eigenvalue weighted by atomic mass is 16.5. The van der Waals surface area contributed by atoms with Crippen molar-refractivity contribution in [3.8, 4) is 0 Å². The molecular weight excluding hydrogens is 254 g/mol. The Morgan fingerprint density at radius 2 is 2.10 bits per heavy atom. The van der Waals surface area contributed by atoms with Gasteiger partial charge in [-0.2, -0.15) is 0 Å². The van der Waals surface area contributed by atoms with Crippen molar-refractivity contribution < 1.29 is 14.6 Å². The number of aliphatic hydroxyl groups is 1. The second-order valence-electron chi connectivity index (χ2n) is 5.65. The van der Waals surface area contributed by atoms with Crippen LogP contribution in [0.5, 0.6) is 0 Å². The first kappa shape index (κ1) is 13.6. The molecule has 0 unspecified atom stereocenters. The Bertz CT molecular complexity index is 456. The summed E-state index contributed by atoms with van der Waals surface area (Å²) in [7, 11) is 0. The monoisotopic (exact) mass is 275 g/mol. The van der Waals surface area contributed by atoms with Crippen LogP contribution in [0.25, 0.3) is 0 Å². The first-order valence-corrected chi connectivity index (χ1v) is 7.40. The van der Waals surface area contributed by atoms with Crippen molar-refractivity contribution in [1.82, 2.24) is 4.90 Å². The lowest BCUT2D eigenvalue weighted by molar-refractivity contribution is -0.142. The summed E-state index contributed by atoms with van der Waals surface area (Å²) >= 11 is 0. The minimum absolute atomic E-state index is 0.0555. The standard InChI is InChI=1S/C16H21NO3/c18-14-8-9-17(16(19)15-7-4-10-20-15)13(14)11-12-5-2-1-3-6-12/h1-3,5-6,13-15,18H,4,7-11H2/t13-,14-,15+/m1/s1. The molecular formula is C16H21NO3. The van der Waals surface area contributed by atoms with Crippen molar-refractivity contribution >= 4 is 5.91 Å². The molecule has 0 aromatic heterocycles. The SMILES string of the molecule is O=C([C@@H]1CCCO1)N1CC[C@@H](O)[C@H]1Cc1ccccc1. The predicted molar refractivity (Wildman–Crippen MR) is 75.2 cm³/mol. The van der Waals surface area contributed by atoms with Gasteiger partial charge in [0.2, 0.25) is 0 Å². The summed E-state index contributed by atoms with van der Waals surface area (Å²) in [5.74, 6) is 0.0555. The minimum atomic E-state index is -0.430. The van der Waals surface area contributed by atoms with Crippen molar-refractivity contribution in [2.45, 2.75) is 43.9 Å². The van der Waals surface area contributed by atoms with Crippen LogP contribution in [-0.4, -0.2) is 47.3 Å². The van der Waals surface area contributed by atoms with E-state index < -0.39 is 6.10 Å². The molecule has 1 aromatic carbocycles. The largest absolute Gasteiger partial charge is 0.391 e. The second-order valence-corrected chi connectivity index (χ2v) is 5.65. The van der Waals surface area contributed by atoms with E-state index in [2.05, 4.69) is 0 Å². The van der Waals surface area contributed by atoms with Gasteiger partial charge in [0.1, 0.15) is 6.10 Å². The van der Waals surface area contributed by atoms with Crippen molar-refractivity contribution in [1.29, 1.82) is 0 Å². The Kier molecular flexibility index (Phi) is 4.03. The van der Waals surface area contributed by atoms with Gasteiger partial charge in [-0.05, 0) is 31.2 Å². The van der Waals surface area contributed by atoms with E-state index in [1.54, 1.807) is 0 Å². The van der Waals surface area contributed by atoms with Crippen LogP contribution in [0.3, 0.4) is 0 Å². The van der Waals surface area contributed by atoms with Crippen LogP contribution in [0.4, 0.5) is 0 Å². The van der Waals surface area contributed by atoms with Crippen molar-refractivity contribution in [2.75, 3.05) is 13.2 Å². The first-order valence-electron chi connectivity index (χ1n) is 7.40. The Morgan fingerprint density at radius 3 is 2.80 bits per heavy atom. The Hall–Kier alpha value is -1.39. The number of rotatable bonds is 3. The molecule has 3 atom stereocenters. The topological polar surface area (TPSA) is 49.8 Å². The predicted octanol–water partition coefficient (Wildman–Crippen LogP) is 1.37. The number of carbonyl (C=O) groups excluding carboxylic acids is 1. The fourth-order valence-electron chi connectivity index (χ4n) is 3.17.